The van der Waals surface area contributed by atoms with E-state index in [1.807, 2.05) is 31.5 Å². The van der Waals surface area contributed by atoms with Crippen molar-refractivity contribution in [1.29, 1.82) is 0 Å². The number of anilines is 1. The first-order chi connectivity index (χ1) is 10.8. The summed E-state index contributed by atoms with van der Waals surface area (Å²) >= 11 is 0. The number of carbonyl (C=O) groups excluding carboxylic acids is 1. The summed E-state index contributed by atoms with van der Waals surface area (Å²) in [6, 6.07) is 1.83. The molecular weight excluding hydrogens is 290 g/mol. The smallest absolute Gasteiger partial charge is 0.259 e. The Balaban J connectivity index is 2.22. The Bertz CT molecular complexity index is 680. The SMILES string of the molecule is CCc1c(NC(=O)c2cc(C(C)C)oc2C)cnn1CC(C)C. The normalized spacial score (nSPS) is 11.5. The van der Waals surface area contributed by atoms with Gasteiger partial charge in [0.15, 0.2) is 0 Å². The average Bonchev–Trinajstić information content (AvgIpc) is 3.02. The molecule has 5 heteroatoms. The van der Waals surface area contributed by atoms with Crippen molar-refractivity contribution < 1.29 is 9.21 Å². The number of aromatic nitrogens is 2. The number of nitrogens with zero attached hydrogens (tertiary/aromatic N) is 2. The second-order valence-corrected chi connectivity index (χ2v) is 6.66. The van der Waals surface area contributed by atoms with E-state index in [1.165, 1.54) is 0 Å². The van der Waals surface area contributed by atoms with Crippen LogP contribution in [0.15, 0.2) is 16.7 Å². The fourth-order valence-electron chi connectivity index (χ4n) is 2.60. The number of rotatable bonds is 6. The van der Waals surface area contributed by atoms with E-state index in [2.05, 4.69) is 31.2 Å². The second kappa shape index (κ2) is 7.02. The highest BCUT2D eigenvalue weighted by Gasteiger charge is 2.19. The topological polar surface area (TPSA) is 60.1 Å². The Hall–Kier alpha value is -2.04. The molecule has 2 aromatic rings. The predicted molar refractivity (Wildman–Crippen MR) is 91.9 cm³/mol. The van der Waals surface area contributed by atoms with Crippen LogP contribution in [-0.4, -0.2) is 15.7 Å². The fourth-order valence-corrected chi connectivity index (χ4v) is 2.60. The van der Waals surface area contributed by atoms with E-state index in [0.717, 1.165) is 30.1 Å². The highest BCUT2D eigenvalue weighted by molar-refractivity contribution is 6.05. The maximum Gasteiger partial charge on any atom is 0.259 e. The molecule has 2 aromatic heterocycles. The van der Waals surface area contributed by atoms with E-state index in [1.54, 1.807) is 6.20 Å². The zero-order valence-corrected chi connectivity index (χ0v) is 14.9. The van der Waals surface area contributed by atoms with Gasteiger partial charge in [0.2, 0.25) is 0 Å². The van der Waals surface area contributed by atoms with Crippen LogP contribution in [0.5, 0.6) is 0 Å². The van der Waals surface area contributed by atoms with Gasteiger partial charge in [-0.15, -0.1) is 0 Å². The van der Waals surface area contributed by atoms with Crippen molar-refractivity contribution in [2.75, 3.05) is 5.32 Å². The fraction of sp³-hybridized carbons (Fsp3) is 0.556. The Morgan fingerprint density at radius 3 is 2.57 bits per heavy atom. The van der Waals surface area contributed by atoms with Crippen LogP contribution in [-0.2, 0) is 13.0 Å². The molecule has 0 bridgehead atoms. The van der Waals surface area contributed by atoms with Gasteiger partial charge in [-0.05, 0) is 25.3 Å². The molecular formula is C18H27N3O2. The molecule has 0 spiro atoms. The first kappa shape index (κ1) is 17.3. The molecule has 0 aliphatic heterocycles. The minimum atomic E-state index is -0.142. The second-order valence-electron chi connectivity index (χ2n) is 6.66. The maximum absolute atomic E-state index is 12.6. The van der Waals surface area contributed by atoms with Crippen molar-refractivity contribution in [2.45, 2.75) is 60.4 Å². The summed E-state index contributed by atoms with van der Waals surface area (Å²) < 4.78 is 7.64. The highest BCUT2D eigenvalue weighted by Crippen LogP contribution is 2.24. The zero-order valence-electron chi connectivity index (χ0n) is 14.9. The molecule has 0 aliphatic carbocycles. The van der Waals surface area contributed by atoms with Crippen molar-refractivity contribution in [2.24, 2.45) is 5.92 Å². The molecule has 0 radical (unpaired) electrons. The summed E-state index contributed by atoms with van der Waals surface area (Å²) in [7, 11) is 0. The summed E-state index contributed by atoms with van der Waals surface area (Å²) in [6.07, 6.45) is 2.56. The van der Waals surface area contributed by atoms with E-state index in [4.69, 9.17) is 4.42 Å². The molecule has 5 nitrogen and oxygen atoms in total. The lowest BCUT2D eigenvalue weighted by Crippen LogP contribution is -2.14. The lowest BCUT2D eigenvalue weighted by atomic mass is 10.1. The zero-order chi connectivity index (χ0) is 17.1. The van der Waals surface area contributed by atoms with Gasteiger partial charge in [0.25, 0.3) is 5.91 Å². The standard InChI is InChI=1S/C18H27N3O2/c1-7-16-15(9-19-21(16)10-11(2)3)20-18(22)14-8-17(12(4)5)23-13(14)6/h8-9,11-12H,7,10H2,1-6H3,(H,20,22). The van der Waals surface area contributed by atoms with Gasteiger partial charge in [-0.2, -0.15) is 5.10 Å². The van der Waals surface area contributed by atoms with Crippen LogP contribution in [0, 0.1) is 12.8 Å². The third kappa shape index (κ3) is 3.84. The van der Waals surface area contributed by atoms with Crippen LogP contribution in [0.1, 0.15) is 68.1 Å². The minimum Gasteiger partial charge on any atom is -0.465 e. The number of hydrogen-bond donors (Lipinski definition) is 1. The Morgan fingerprint density at radius 2 is 2.04 bits per heavy atom. The van der Waals surface area contributed by atoms with Crippen LogP contribution >= 0.6 is 0 Å². The first-order valence-electron chi connectivity index (χ1n) is 8.29. The van der Waals surface area contributed by atoms with Gasteiger partial charge in [-0.25, -0.2) is 0 Å². The molecule has 0 atom stereocenters. The Labute approximate surface area is 138 Å². The van der Waals surface area contributed by atoms with Gasteiger partial charge in [-0.3, -0.25) is 9.48 Å². The van der Waals surface area contributed by atoms with Crippen LogP contribution in [0.25, 0.3) is 0 Å². The maximum atomic E-state index is 12.6. The van der Waals surface area contributed by atoms with Gasteiger partial charge < -0.3 is 9.73 Å². The van der Waals surface area contributed by atoms with Gasteiger partial charge in [0, 0.05) is 12.5 Å². The Morgan fingerprint density at radius 1 is 1.35 bits per heavy atom. The van der Waals surface area contributed by atoms with Gasteiger partial charge >= 0.3 is 0 Å². The third-order valence-electron chi connectivity index (χ3n) is 3.82. The number of carbonyl (C=O) groups is 1. The lowest BCUT2D eigenvalue weighted by Gasteiger charge is -2.10. The molecule has 2 rings (SSSR count). The first-order valence-corrected chi connectivity index (χ1v) is 8.29. The highest BCUT2D eigenvalue weighted by atomic mass is 16.3. The van der Waals surface area contributed by atoms with Crippen LogP contribution < -0.4 is 5.32 Å². The monoisotopic (exact) mass is 317 g/mol. The average molecular weight is 317 g/mol. The molecule has 126 valence electrons. The quantitative estimate of drug-likeness (QED) is 0.860. The van der Waals surface area contributed by atoms with Crippen LogP contribution in [0.4, 0.5) is 5.69 Å². The minimum absolute atomic E-state index is 0.142. The molecule has 0 aromatic carbocycles. The van der Waals surface area contributed by atoms with Crippen LogP contribution in [0.2, 0.25) is 0 Å². The predicted octanol–water partition coefficient (Wildman–Crippen LogP) is 4.38. The van der Waals surface area contributed by atoms with Crippen molar-refractivity contribution in [3.8, 4) is 0 Å². The van der Waals surface area contributed by atoms with Crippen molar-refractivity contribution in [1.82, 2.24) is 9.78 Å². The van der Waals surface area contributed by atoms with Crippen molar-refractivity contribution >= 4 is 11.6 Å². The summed E-state index contributed by atoms with van der Waals surface area (Å²) in [5.41, 5.74) is 2.43. The number of furan rings is 1. The van der Waals surface area contributed by atoms with Gasteiger partial charge in [0.05, 0.1) is 23.1 Å². The third-order valence-corrected chi connectivity index (χ3v) is 3.82. The van der Waals surface area contributed by atoms with E-state index < -0.39 is 0 Å². The molecule has 2 heterocycles. The largest absolute Gasteiger partial charge is 0.465 e. The van der Waals surface area contributed by atoms with E-state index in [9.17, 15) is 4.79 Å². The number of amides is 1. The van der Waals surface area contributed by atoms with E-state index >= 15 is 0 Å². The molecule has 1 N–H and O–H groups in total. The molecule has 0 unspecified atom stereocenters. The number of nitrogens with one attached hydrogen (secondary N) is 1. The Kier molecular flexibility index (Phi) is 5.29. The van der Waals surface area contributed by atoms with Crippen LogP contribution in [0.3, 0.4) is 0 Å². The van der Waals surface area contributed by atoms with E-state index in [-0.39, 0.29) is 11.8 Å². The molecule has 1 amide bonds. The summed E-state index contributed by atoms with van der Waals surface area (Å²) in [6.45, 7) is 13.1. The molecule has 23 heavy (non-hydrogen) atoms. The van der Waals surface area contributed by atoms with Gasteiger partial charge in [-0.1, -0.05) is 34.6 Å². The van der Waals surface area contributed by atoms with Gasteiger partial charge in [0.1, 0.15) is 11.5 Å². The molecule has 0 saturated heterocycles. The summed E-state index contributed by atoms with van der Waals surface area (Å²) in [4.78, 5) is 12.6. The summed E-state index contributed by atoms with van der Waals surface area (Å²) in [5.74, 6) is 2.11. The molecule has 0 fully saturated rings. The number of hydrogen-bond acceptors (Lipinski definition) is 3. The number of aryl methyl sites for hydroxylation is 1. The van der Waals surface area contributed by atoms with Crippen molar-refractivity contribution in [3.63, 3.8) is 0 Å². The molecule has 0 saturated carbocycles. The van der Waals surface area contributed by atoms with E-state index in [0.29, 0.717) is 17.2 Å². The lowest BCUT2D eigenvalue weighted by molar-refractivity contribution is 0.102. The molecule has 0 aliphatic rings. The summed E-state index contributed by atoms with van der Waals surface area (Å²) in [5, 5.41) is 7.39. The van der Waals surface area contributed by atoms with Crippen molar-refractivity contribution in [3.05, 3.63) is 35.0 Å².